The normalized spacial score (nSPS) is 10.5. The lowest BCUT2D eigenvalue weighted by molar-refractivity contribution is -0.144. The number of ether oxygens (including phenoxy) is 1. The molecular formula is C18H19N7O3. The van der Waals surface area contributed by atoms with Crippen LogP contribution in [0, 0.1) is 0 Å². The van der Waals surface area contributed by atoms with Gasteiger partial charge in [0.15, 0.2) is 5.65 Å². The molecule has 0 radical (unpaired) electrons. The Kier molecular flexibility index (Phi) is 5.90. The van der Waals surface area contributed by atoms with E-state index in [0.29, 0.717) is 41.4 Å². The molecule has 144 valence electrons. The molecule has 0 atom stereocenters. The number of nitrogens with one attached hydrogen (secondary N) is 2. The predicted octanol–water partition coefficient (Wildman–Crippen LogP) is 1.76. The second-order valence-electron chi connectivity index (χ2n) is 5.65. The highest BCUT2D eigenvalue weighted by Gasteiger charge is 2.10. The smallest absolute Gasteiger partial charge is 0.327 e. The van der Waals surface area contributed by atoms with Crippen molar-refractivity contribution < 1.29 is 14.3 Å². The molecule has 0 fully saturated rings. The van der Waals surface area contributed by atoms with E-state index in [1.807, 2.05) is 0 Å². The van der Waals surface area contributed by atoms with Crippen LogP contribution in [0.25, 0.3) is 22.4 Å². The minimum absolute atomic E-state index is 0.0149. The van der Waals surface area contributed by atoms with Crippen molar-refractivity contribution in [3.63, 3.8) is 0 Å². The summed E-state index contributed by atoms with van der Waals surface area (Å²) in [6, 6.07) is 2.96. The third-order valence-electron chi connectivity index (χ3n) is 3.58. The van der Waals surface area contributed by atoms with Crippen LogP contribution < -0.4 is 10.6 Å². The second kappa shape index (κ2) is 8.71. The number of rotatable bonds is 7. The summed E-state index contributed by atoms with van der Waals surface area (Å²) in [5.74, 6) is -0.0209. The molecule has 0 saturated carbocycles. The Bertz CT molecular complexity index is 1020. The van der Waals surface area contributed by atoms with Gasteiger partial charge < -0.3 is 10.1 Å². The van der Waals surface area contributed by atoms with Crippen molar-refractivity contribution in [1.82, 2.24) is 30.0 Å². The number of anilines is 1. The van der Waals surface area contributed by atoms with Crippen LogP contribution in [-0.2, 0) is 16.1 Å². The van der Waals surface area contributed by atoms with Gasteiger partial charge in [-0.15, -0.1) is 6.58 Å². The fraction of sp³-hybridized carbons (Fsp3) is 0.222. The monoisotopic (exact) mass is 381 g/mol. The van der Waals surface area contributed by atoms with E-state index in [1.54, 1.807) is 43.7 Å². The Morgan fingerprint density at radius 1 is 1.29 bits per heavy atom. The average molecular weight is 381 g/mol. The first-order valence-electron chi connectivity index (χ1n) is 8.57. The van der Waals surface area contributed by atoms with Crippen LogP contribution in [0.15, 0.2) is 43.4 Å². The Hall–Kier alpha value is -3.82. The zero-order chi connectivity index (χ0) is 19.9. The summed E-state index contributed by atoms with van der Waals surface area (Å²) < 4.78 is 6.37. The maximum absolute atomic E-state index is 11.7. The van der Waals surface area contributed by atoms with Crippen molar-refractivity contribution in [2.24, 2.45) is 0 Å². The van der Waals surface area contributed by atoms with E-state index in [0.717, 1.165) is 0 Å². The van der Waals surface area contributed by atoms with Gasteiger partial charge in [0, 0.05) is 18.3 Å². The first kappa shape index (κ1) is 19.0. The minimum atomic E-state index is -0.392. The molecule has 3 rings (SSSR count). The third-order valence-corrected chi connectivity index (χ3v) is 3.58. The Morgan fingerprint density at radius 3 is 2.93 bits per heavy atom. The fourth-order valence-electron chi connectivity index (χ4n) is 2.35. The fourth-order valence-corrected chi connectivity index (χ4v) is 2.35. The Morgan fingerprint density at radius 2 is 2.14 bits per heavy atom. The zero-order valence-electron chi connectivity index (χ0n) is 15.3. The van der Waals surface area contributed by atoms with Gasteiger partial charge in [0.25, 0.3) is 0 Å². The lowest BCUT2D eigenvalue weighted by Gasteiger charge is -2.06. The van der Waals surface area contributed by atoms with E-state index in [1.165, 1.54) is 4.68 Å². The van der Waals surface area contributed by atoms with Crippen molar-refractivity contribution >= 4 is 29.0 Å². The molecule has 10 heteroatoms. The van der Waals surface area contributed by atoms with Gasteiger partial charge in [-0.25, -0.2) is 14.8 Å². The maximum Gasteiger partial charge on any atom is 0.327 e. The highest BCUT2D eigenvalue weighted by Crippen LogP contribution is 2.19. The van der Waals surface area contributed by atoms with Crippen LogP contribution >= 0.6 is 0 Å². The molecule has 2 amide bonds. The van der Waals surface area contributed by atoms with Crippen LogP contribution in [0.3, 0.4) is 0 Å². The number of fused-ring (bicyclic) bond motifs is 1. The Labute approximate surface area is 160 Å². The van der Waals surface area contributed by atoms with E-state index in [9.17, 15) is 9.59 Å². The minimum Gasteiger partial charge on any atom is -0.465 e. The van der Waals surface area contributed by atoms with Crippen molar-refractivity contribution in [3.8, 4) is 11.3 Å². The molecule has 0 bridgehead atoms. The topological polar surface area (TPSA) is 124 Å². The van der Waals surface area contributed by atoms with E-state index in [4.69, 9.17) is 4.74 Å². The van der Waals surface area contributed by atoms with Gasteiger partial charge in [-0.2, -0.15) is 5.10 Å². The largest absolute Gasteiger partial charge is 0.465 e. The highest BCUT2D eigenvalue weighted by molar-refractivity contribution is 5.89. The number of amides is 2. The van der Waals surface area contributed by atoms with E-state index in [-0.39, 0.29) is 12.5 Å². The molecule has 0 aliphatic carbocycles. The first-order chi connectivity index (χ1) is 13.6. The summed E-state index contributed by atoms with van der Waals surface area (Å²) in [6.45, 7) is 5.96. The summed E-state index contributed by atoms with van der Waals surface area (Å²) >= 11 is 0. The number of carbonyl (C=O) groups excluding carboxylic acids is 2. The number of hydrogen-bond donors (Lipinski definition) is 2. The second-order valence-corrected chi connectivity index (χ2v) is 5.65. The van der Waals surface area contributed by atoms with Crippen LogP contribution in [0.5, 0.6) is 0 Å². The zero-order valence-corrected chi connectivity index (χ0v) is 15.3. The molecule has 3 aromatic rings. The molecule has 0 aliphatic rings. The number of urea groups is 1. The standard InChI is InChI=1S/C18H19N7O3/c1-3-7-19-18(27)24-15-6-5-13-17(23-15)22-14(9-20-13)12-8-21-25(10-12)11-16(26)28-4-2/h3,5-6,8-10H,1,4,7,11H2,2H3,(H2,19,22,23,24,27). The molecule has 10 nitrogen and oxygen atoms in total. The van der Waals surface area contributed by atoms with Crippen LogP contribution in [0.4, 0.5) is 10.6 Å². The van der Waals surface area contributed by atoms with Gasteiger partial charge in [-0.3, -0.25) is 19.8 Å². The van der Waals surface area contributed by atoms with Crippen molar-refractivity contribution in [3.05, 3.63) is 43.4 Å². The Balaban J connectivity index is 1.79. The van der Waals surface area contributed by atoms with Gasteiger partial charge in [0.05, 0.1) is 24.7 Å². The first-order valence-corrected chi connectivity index (χ1v) is 8.57. The van der Waals surface area contributed by atoms with Crippen LogP contribution in [0.1, 0.15) is 6.92 Å². The van der Waals surface area contributed by atoms with Gasteiger partial charge in [0.1, 0.15) is 17.9 Å². The van der Waals surface area contributed by atoms with Crippen LogP contribution in [-0.4, -0.2) is 49.9 Å². The van der Waals surface area contributed by atoms with Gasteiger partial charge >= 0.3 is 12.0 Å². The molecule has 3 heterocycles. The highest BCUT2D eigenvalue weighted by atomic mass is 16.5. The molecular weight excluding hydrogens is 362 g/mol. The molecule has 28 heavy (non-hydrogen) atoms. The molecule has 0 unspecified atom stereocenters. The summed E-state index contributed by atoms with van der Waals surface area (Å²) in [4.78, 5) is 36.4. The number of hydrogen-bond acceptors (Lipinski definition) is 7. The third kappa shape index (κ3) is 4.67. The molecule has 3 aromatic heterocycles. The summed E-state index contributed by atoms with van der Waals surface area (Å²) in [7, 11) is 0. The average Bonchev–Trinajstić information content (AvgIpc) is 3.14. The number of carbonyl (C=O) groups is 2. The summed E-state index contributed by atoms with van der Waals surface area (Å²) in [6.07, 6.45) is 6.43. The van der Waals surface area contributed by atoms with Crippen LogP contribution in [0.2, 0.25) is 0 Å². The number of esters is 1. The summed E-state index contributed by atoms with van der Waals surface area (Å²) in [5, 5.41) is 9.36. The van der Waals surface area contributed by atoms with Crippen molar-refractivity contribution in [2.75, 3.05) is 18.5 Å². The SMILES string of the molecule is C=CCNC(=O)Nc1ccc2ncc(-c3cnn(CC(=O)OCC)c3)nc2n1. The van der Waals surface area contributed by atoms with Crippen molar-refractivity contribution in [2.45, 2.75) is 13.5 Å². The lowest BCUT2D eigenvalue weighted by Crippen LogP contribution is -2.28. The number of aromatic nitrogens is 5. The molecule has 2 N–H and O–H groups in total. The van der Waals surface area contributed by atoms with Gasteiger partial charge in [0.2, 0.25) is 0 Å². The number of nitrogens with zero attached hydrogens (tertiary/aromatic N) is 5. The van der Waals surface area contributed by atoms with E-state index >= 15 is 0 Å². The van der Waals surface area contributed by atoms with Gasteiger partial charge in [-0.1, -0.05) is 6.08 Å². The van der Waals surface area contributed by atoms with Crippen molar-refractivity contribution in [1.29, 1.82) is 0 Å². The maximum atomic E-state index is 11.7. The van der Waals surface area contributed by atoms with Gasteiger partial charge in [-0.05, 0) is 19.1 Å². The lowest BCUT2D eigenvalue weighted by atomic mass is 10.2. The molecule has 0 aromatic carbocycles. The van der Waals surface area contributed by atoms with E-state index in [2.05, 4.69) is 37.3 Å². The number of pyridine rings is 1. The molecule has 0 saturated heterocycles. The summed E-state index contributed by atoms with van der Waals surface area (Å²) in [5.41, 5.74) is 2.18. The molecule has 0 spiro atoms. The predicted molar refractivity (Wildman–Crippen MR) is 102 cm³/mol. The molecule has 0 aliphatic heterocycles. The van der Waals surface area contributed by atoms with E-state index < -0.39 is 6.03 Å². The quantitative estimate of drug-likeness (QED) is 0.472.